The molecular formula is C29H32N2O4. The van der Waals surface area contributed by atoms with Crippen LogP contribution < -0.4 is 10.1 Å². The number of benzene rings is 3. The molecule has 1 N–H and O–H groups in total. The molecule has 2 heterocycles. The smallest absolute Gasteiger partial charge is 0.238 e. The van der Waals surface area contributed by atoms with Crippen molar-refractivity contribution in [1.29, 1.82) is 0 Å². The van der Waals surface area contributed by atoms with E-state index in [4.69, 9.17) is 14.2 Å². The van der Waals surface area contributed by atoms with E-state index in [1.807, 2.05) is 72.8 Å². The van der Waals surface area contributed by atoms with Crippen molar-refractivity contribution in [3.05, 3.63) is 90.5 Å². The van der Waals surface area contributed by atoms with Gasteiger partial charge in [-0.15, -0.1) is 0 Å². The van der Waals surface area contributed by atoms with Crippen molar-refractivity contribution in [2.45, 2.75) is 37.6 Å². The van der Waals surface area contributed by atoms with Crippen LogP contribution in [0.25, 0.3) is 0 Å². The Balaban J connectivity index is 1.15. The van der Waals surface area contributed by atoms with E-state index in [0.29, 0.717) is 19.7 Å². The average molecular weight is 473 g/mol. The molecule has 0 saturated carbocycles. The van der Waals surface area contributed by atoms with Crippen LogP contribution in [0.2, 0.25) is 0 Å². The van der Waals surface area contributed by atoms with E-state index in [-0.39, 0.29) is 17.6 Å². The molecule has 182 valence electrons. The lowest BCUT2D eigenvalue weighted by Crippen LogP contribution is -2.57. The summed E-state index contributed by atoms with van der Waals surface area (Å²) < 4.78 is 18.4. The maximum atomic E-state index is 12.8. The maximum absolute atomic E-state index is 12.8. The SMILES string of the molecule is O=C(CN1CC[C@@]2(CCCO2)[C@@H](OCc2ccccc2)C1)Nc1ccc(Oc2ccccc2)cc1. The van der Waals surface area contributed by atoms with Crippen molar-refractivity contribution in [2.75, 3.05) is 31.6 Å². The van der Waals surface area contributed by atoms with Gasteiger partial charge in [0.1, 0.15) is 11.5 Å². The standard InChI is InChI=1S/C29H32N2O4/c32-28(30-24-12-14-26(15-13-24)35-25-10-5-2-6-11-25)21-31-18-17-29(16-7-19-34-29)27(20-31)33-22-23-8-3-1-4-9-23/h1-6,8-15,27H,7,16-22H2,(H,30,32)/t27-,29-/m0/s1. The van der Waals surface area contributed by atoms with Gasteiger partial charge in [-0.25, -0.2) is 0 Å². The number of hydrogen-bond donors (Lipinski definition) is 1. The molecule has 0 bridgehead atoms. The number of ether oxygens (including phenoxy) is 3. The van der Waals surface area contributed by atoms with Gasteiger partial charge in [0.2, 0.25) is 5.91 Å². The van der Waals surface area contributed by atoms with Gasteiger partial charge in [0.15, 0.2) is 0 Å². The molecule has 0 aliphatic carbocycles. The summed E-state index contributed by atoms with van der Waals surface area (Å²) in [6.07, 6.45) is 2.91. The molecule has 0 unspecified atom stereocenters. The fourth-order valence-corrected chi connectivity index (χ4v) is 4.92. The Morgan fingerprint density at radius 2 is 1.66 bits per heavy atom. The van der Waals surface area contributed by atoms with Crippen molar-refractivity contribution in [1.82, 2.24) is 4.90 Å². The van der Waals surface area contributed by atoms with Crippen LogP contribution in [0.4, 0.5) is 5.69 Å². The predicted molar refractivity (Wildman–Crippen MR) is 136 cm³/mol. The fourth-order valence-electron chi connectivity index (χ4n) is 4.92. The number of rotatable bonds is 8. The zero-order valence-corrected chi connectivity index (χ0v) is 19.9. The van der Waals surface area contributed by atoms with E-state index in [1.54, 1.807) is 0 Å². The summed E-state index contributed by atoms with van der Waals surface area (Å²) in [5, 5.41) is 3.01. The van der Waals surface area contributed by atoms with Crippen LogP contribution in [-0.2, 0) is 20.9 Å². The van der Waals surface area contributed by atoms with E-state index in [9.17, 15) is 4.79 Å². The molecule has 1 amide bonds. The summed E-state index contributed by atoms with van der Waals surface area (Å²) in [4.78, 5) is 15.0. The molecule has 3 aromatic rings. The van der Waals surface area contributed by atoms with Gasteiger partial charge in [-0.3, -0.25) is 9.69 Å². The molecule has 2 aliphatic heterocycles. The molecule has 1 spiro atoms. The first-order chi connectivity index (χ1) is 17.2. The highest BCUT2D eigenvalue weighted by atomic mass is 16.6. The van der Waals surface area contributed by atoms with Crippen LogP contribution in [0.3, 0.4) is 0 Å². The van der Waals surface area contributed by atoms with Gasteiger partial charge in [0, 0.05) is 25.4 Å². The second kappa shape index (κ2) is 11.0. The summed E-state index contributed by atoms with van der Waals surface area (Å²) in [6.45, 7) is 3.17. The Bertz CT molecular complexity index is 1080. The largest absolute Gasteiger partial charge is 0.457 e. The molecule has 0 radical (unpaired) electrons. The van der Waals surface area contributed by atoms with E-state index in [2.05, 4.69) is 22.3 Å². The number of likely N-dealkylation sites (tertiary alicyclic amines) is 1. The highest BCUT2D eigenvalue weighted by molar-refractivity contribution is 5.92. The van der Waals surface area contributed by atoms with Crippen LogP contribution in [0.1, 0.15) is 24.8 Å². The minimum atomic E-state index is -0.226. The van der Waals surface area contributed by atoms with Crippen molar-refractivity contribution >= 4 is 11.6 Å². The van der Waals surface area contributed by atoms with Crippen LogP contribution in [-0.4, -0.2) is 48.8 Å². The number of anilines is 1. The number of para-hydroxylation sites is 1. The highest BCUT2D eigenvalue weighted by Crippen LogP contribution is 2.38. The van der Waals surface area contributed by atoms with E-state index in [0.717, 1.165) is 55.2 Å². The summed E-state index contributed by atoms with van der Waals surface area (Å²) in [6, 6.07) is 27.3. The summed E-state index contributed by atoms with van der Waals surface area (Å²) in [5.74, 6) is 1.47. The zero-order valence-electron chi connectivity index (χ0n) is 19.9. The number of amides is 1. The number of piperidine rings is 1. The minimum absolute atomic E-state index is 0.0353. The van der Waals surface area contributed by atoms with E-state index in [1.165, 1.54) is 0 Å². The second-order valence-corrected chi connectivity index (χ2v) is 9.27. The quantitative estimate of drug-likeness (QED) is 0.485. The van der Waals surface area contributed by atoms with E-state index >= 15 is 0 Å². The lowest BCUT2D eigenvalue weighted by Gasteiger charge is -2.44. The Kier molecular flexibility index (Phi) is 7.42. The molecule has 6 heteroatoms. The molecule has 2 saturated heterocycles. The third kappa shape index (κ3) is 6.09. The van der Waals surface area contributed by atoms with Crippen molar-refractivity contribution in [2.24, 2.45) is 0 Å². The molecule has 5 rings (SSSR count). The Morgan fingerprint density at radius 3 is 2.37 bits per heavy atom. The first kappa shape index (κ1) is 23.5. The van der Waals surface area contributed by atoms with Crippen molar-refractivity contribution in [3.8, 4) is 11.5 Å². The summed E-state index contributed by atoms with van der Waals surface area (Å²) in [5.41, 5.74) is 1.67. The number of carbonyl (C=O) groups excluding carboxylic acids is 1. The molecule has 2 aliphatic rings. The molecule has 3 aromatic carbocycles. The lowest BCUT2D eigenvalue weighted by atomic mass is 9.85. The van der Waals surface area contributed by atoms with Crippen LogP contribution in [0.5, 0.6) is 11.5 Å². The van der Waals surface area contributed by atoms with Gasteiger partial charge in [-0.05, 0) is 61.2 Å². The Hall–Kier alpha value is -3.19. The second-order valence-electron chi connectivity index (χ2n) is 9.27. The average Bonchev–Trinajstić information content (AvgIpc) is 3.36. The van der Waals surface area contributed by atoms with Crippen molar-refractivity contribution in [3.63, 3.8) is 0 Å². The monoisotopic (exact) mass is 472 g/mol. The van der Waals surface area contributed by atoms with Gasteiger partial charge >= 0.3 is 0 Å². The lowest BCUT2D eigenvalue weighted by molar-refractivity contribution is -0.159. The predicted octanol–water partition coefficient (Wildman–Crippen LogP) is 5.26. The molecule has 6 nitrogen and oxygen atoms in total. The number of nitrogens with zero attached hydrogens (tertiary/aromatic N) is 1. The topological polar surface area (TPSA) is 60.0 Å². The van der Waals surface area contributed by atoms with E-state index < -0.39 is 0 Å². The first-order valence-electron chi connectivity index (χ1n) is 12.3. The number of hydrogen-bond acceptors (Lipinski definition) is 5. The van der Waals surface area contributed by atoms with Gasteiger partial charge in [0.25, 0.3) is 0 Å². The Morgan fingerprint density at radius 1 is 0.943 bits per heavy atom. The fraction of sp³-hybridized carbons (Fsp3) is 0.345. The van der Waals surface area contributed by atoms with Gasteiger partial charge < -0.3 is 19.5 Å². The minimum Gasteiger partial charge on any atom is -0.457 e. The molecule has 2 atom stereocenters. The number of carbonyl (C=O) groups is 1. The first-order valence-corrected chi connectivity index (χ1v) is 12.3. The van der Waals surface area contributed by atoms with Crippen LogP contribution in [0, 0.1) is 0 Å². The molecule has 35 heavy (non-hydrogen) atoms. The van der Waals surface area contributed by atoms with Gasteiger partial charge in [-0.2, -0.15) is 0 Å². The van der Waals surface area contributed by atoms with Crippen molar-refractivity contribution < 1.29 is 19.0 Å². The van der Waals surface area contributed by atoms with Crippen LogP contribution in [0.15, 0.2) is 84.9 Å². The third-order valence-electron chi connectivity index (χ3n) is 6.77. The maximum Gasteiger partial charge on any atom is 0.238 e. The number of nitrogens with one attached hydrogen (secondary N) is 1. The normalized spacial score (nSPS) is 22.2. The molecule has 2 fully saturated rings. The molecular weight excluding hydrogens is 440 g/mol. The molecule has 0 aromatic heterocycles. The third-order valence-corrected chi connectivity index (χ3v) is 6.77. The van der Waals surface area contributed by atoms with Gasteiger partial charge in [0.05, 0.1) is 24.9 Å². The highest BCUT2D eigenvalue weighted by Gasteiger charge is 2.47. The summed E-state index contributed by atoms with van der Waals surface area (Å²) in [7, 11) is 0. The Labute approximate surface area is 206 Å². The van der Waals surface area contributed by atoms with Gasteiger partial charge in [-0.1, -0.05) is 48.5 Å². The summed E-state index contributed by atoms with van der Waals surface area (Å²) >= 11 is 0. The zero-order chi connectivity index (χ0) is 23.9. The van der Waals surface area contributed by atoms with Crippen LogP contribution >= 0.6 is 0 Å².